The van der Waals surface area contributed by atoms with Gasteiger partial charge in [-0.15, -0.1) is 12.4 Å². The van der Waals surface area contributed by atoms with E-state index in [0.717, 1.165) is 19.6 Å². The van der Waals surface area contributed by atoms with Gasteiger partial charge in [0.1, 0.15) is 0 Å². The monoisotopic (exact) mass is 474 g/mol. The zero-order valence-electron chi connectivity index (χ0n) is 18.0. The number of anilines is 1. The fourth-order valence-corrected chi connectivity index (χ4v) is 5.46. The van der Waals surface area contributed by atoms with Gasteiger partial charge in [-0.1, -0.05) is 6.92 Å². The van der Waals surface area contributed by atoms with Gasteiger partial charge in [-0.3, -0.25) is 10.1 Å². The third kappa shape index (κ3) is 6.09. The average Bonchev–Trinajstić information content (AvgIpc) is 2.79. The molecule has 1 aromatic rings. The molecule has 0 radical (unpaired) electrons. The number of nitrogens with one attached hydrogen (secondary N) is 1. The minimum absolute atomic E-state index is 0. The number of amides is 2. The highest BCUT2D eigenvalue weighted by atomic mass is 35.5. The molecule has 0 saturated carbocycles. The number of ether oxygens (including phenoxy) is 1. The van der Waals surface area contributed by atoms with Gasteiger partial charge in [0.15, 0.2) is 0 Å². The van der Waals surface area contributed by atoms with E-state index in [4.69, 9.17) is 0 Å². The number of methoxy groups -OCH3 is 1. The molecule has 1 N–H and O–H groups in total. The maximum Gasteiger partial charge on any atom is 0.411 e. The predicted molar refractivity (Wildman–Crippen MR) is 120 cm³/mol. The van der Waals surface area contributed by atoms with Gasteiger partial charge in [0.25, 0.3) is 0 Å². The molecule has 2 amide bonds. The number of piperidine rings is 1. The van der Waals surface area contributed by atoms with Crippen LogP contribution in [0.25, 0.3) is 0 Å². The Morgan fingerprint density at radius 1 is 1.10 bits per heavy atom. The number of carbonyl (C=O) groups is 2. The summed E-state index contributed by atoms with van der Waals surface area (Å²) in [4.78, 5) is 28.6. The molecular weight excluding hydrogens is 444 g/mol. The van der Waals surface area contributed by atoms with Crippen molar-refractivity contribution < 1.29 is 22.7 Å². The summed E-state index contributed by atoms with van der Waals surface area (Å²) in [6, 6.07) is 5.94. The molecule has 3 rings (SSSR count). The standard InChI is InChI=1S/C20H30N4O5S.ClH/c1-3-22-11-13-23(14-12-22)19(25)16-5-4-10-24(15-16)30(27,28)18-8-6-17(7-9-18)21-20(26)29-2;/h6-9,16H,3-5,10-15H2,1-2H3,(H,21,26);1H. The molecule has 11 heteroatoms. The van der Waals surface area contributed by atoms with E-state index >= 15 is 0 Å². The Bertz CT molecular complexity index is 857. The Kier molecular flexibility index (Phi) is 9.11. The fraction of sp³-hybridized carbons (Fsp3) is 0.600. The Morgan fingerprint density at radius 2 is 1.74 bits per heavy atom. The van der Waals surface area contributed by atoms with Crippen LogP contribution in [0, 0.1) is 5.92 Å². The zero-order chi connectivity index (χ0) is 21.7. The quantitative estimate of drug-likeness (QED) is 0.699. The van der Waals surface area contributed by atoms with Crippen molar-refractivity contribution in [3.63, 3.8) is 0 Å². The van der Waals surface area contributed by atoms with Crippen LogP contribution in [0.4, 0.5) is 10.5 Å². The minimum atomic E-state index is -3.71. The third-order valence-electron chi connectivity index (χ3n) is 5.79. The molecule has 2 saturated heterocycles. The first kappa shape index (κ1) is 25.4. The number of piperazine rings is 1. The van der Waals surface area contributed by atoms with Gasteiger partial charge in [-0.25, -0.2) is 13.2 Å². The summed E-state index contributed by atoms with van der Waals surface area (Å²) in [6.07, 6.45) is 0.746. The van der Waals surface area contributed by atoms with Crippen LogP contribution in [0.3, 0.4) is 0 Å². The smallest absolute Gasteiger partial charge is 0.411 e. The zero-order valence-corrected chi connectivity index (χ0v) is 19.6. The topological polar surface area (TPSA) is 99.3 Å². The van der Waals surface area contributed by atoms with Crippen molar-refractivity contribution in [2.45, 2.75) is 24.7 Å². The van der Waals surface area contributed by atoms with Crippen LogP contribution in [0.2, 0.25) is 0 Å². The highest BCUT2D eigenvalue weighted by Crippen LogP contribution is 2.26. The van der Waals surface area contributed by atoms with E-state index < -0.39 is 16.1 Å². The first-order valence-corrected chi connectivity index (χ1v) is 11.8. The SMILES string of the molecule is CCN1CCN(C(=O)C2CCCN(S(=O)(=O)c3ccc(NC(=O)OC)cc3)C2)CC1.Cl. The van der Waals surface area contributed by atoms with Crippen LogP contribution >= 0.6 is 12.4 Å². The number of benzene rings is 1. The molecule has 0 spiro atoms. The van der Waals surface area contributed by atoms with Crippen molar-refractivity contribution in [2.24, 2.45) is 5.92 Å². The van der Waals surface area contributed by atoms with E-state index in [2.05, 4.69) is 21.9 Å². The van der Waals surface area contributed by atoms with Crippen molar-refractivity contribution >= 4 is 40.1 Å². The van der Waals surface area contributed by atoms with E-state index in [1.165, 1.54) is 35.7 Å². The van der Waals surface area contributed by atoms with E-state index in [1.54, 1.807) is 0 Å². The first-order valence-electron chi connectivity index (χ1n) is 10.3. The molecule has 174 valence electrons. The molecule has 0 bridgehead atoms. The molecule has 2 heterocycles. The van der Waals surface area contributed by atoms with Crippen LogP contribution in [0.15, 0.2) is 29.2 Å². The van der Waals surface area contributed by atoms with Crippen LogP contribution in [-0.4, -0.2) is 87.4 Å². The van der Waals surface area contributed by atoms with Crippen LogP contribution in [-0.2, 0) is 19.6 Å². The third-order valence-corrected chi connectivity index (χ3v) is 7.67. The lowest BCUT2D eigenvalue weighted by molar-refractivity contribution is -0.138. The van der Waals surface area contributed by atoms with Gasteiger partial charge in [0.2, 0.25) is 15.9 Å². The van der Waals surface area contributed by atoms with Crippen molar-refractivity contribution in [1.29, 1.82) is 0 Å². The Morgan fingerprint density at radius 3 is 2.32 bits per heavy atom. The van der Waals surface area contributed by atoms with Gasteiger partial charge in [-0.05, 0) is 43.7 Å². The molecule has 2 aliphatic rings. The summed E-state index contributed by atoms with van der Waals surface area (Å²) in [5.41, 5.74) is 0.443. The number of hydrogen-bond acceptors (Lipinski definition) is 6. The summed E-state index contributed by atoms with van der Waals surface area (Å²) in [6.45, 7) is 6.82. The number of halogens is 1. The molecule has 2 aliphatic heterocycles. The van der Waals surface area contributed by atoms with Gasteiger partial charge >= 0.3 is 6.09 Å². The minimum Gasteiger partial charge on any atom is -0.453 e. The van der Waals surface area contributed by atoms with Crippen LogP contribution < -0.4 is 5.32 Å². The highest BCUT2D eigenvalue weighted by Gasteiger charge is 2.35. The van der Waals surface area contributed by atoms with E-state index in [0.29, 0.717) is 38.2 Å². The predicted octanol–water partition coefficient (Wildman–Crippen LogP) is 1.85. The second kappa shape index (κ2) is 11.1. The van der Waals surface area contributed by atoms with Gasteiger partial charge < -0.3 is 14.5 Å². The molecule has 2 fully saturated rings. The number of rotatable bonds is 5. The van der Waals surface area contributed by atoms with E-state index in [9.17, 15) is 18.0 Å². The van der Waals surface area contributed by atoms with Gasteiger partial charge in [-0.2, -0.15) is 4.31 Å². The Balaban J connectivity index is 0.00000341. The molecule has 31 heavy (non-hydrogen) atoms. The summed E-state index contributed by atoms with van der Waals surface area (Å²) in [5.74, 6) is -0.245. The second-order valence-corrected chi connectivity index (χ2v) is 9.54. The van der Waals surface area contributed by atoms with Crippen molar-refractivity contribution in [3.05, 3.63) is 24.3 Å². The van der Waals surface area contributed by atoms with E-state index in [1.807, 2.05) is 4.90 Å². The molecule has 1 unspecified atom stereocenters. The molecule has 1 atom stereocenters. The van der Waals surface area contributed by atoms with Crippen molar-refractivity contribution in [1.82, 2.24) is 14.1 Å². The van der Waals surface area contributed by atoms with Crippen LogP contribution in [0.1, 0.15) is 19.8 Å². The summed E-state index contributed by atoms with van der Waals surface area (Å²) in [7, 11) is -2.46. The van der Waals surface area contributed by atoms with Gasteiger partial charge in [0, 0.05) is 45.0 Å². The molecule has 0 aromatic heterocycles. The maximum atomic E-state index is 13.1. The lowest BCUT2D eigenvalue weighted by Crippen LogP contribution is -2.52. The molecular formula is C20H31ClN4O5S. The van der Waals surface area contributed by atoms with Gasteiger partial charge in [0.05, 0.1) is 17.9 Å². The highest BCUT2D eigenvalue weighted by molar-refractivity contribution is 7.89. The fourth-order valence-electron chi connectivity index (χ4n) is 3.93. The number of sulfonamides is 1. The number of likely N-dealkylation sites (N-methyl/N-ethyl adjacent to an activating group) is 1. The summed E-state index contributed by atoms with van der Waals surface area (Å²) in [5, 5.41) is 2.49. The second-order valence-electron chi connectivity index (χ2n) is 7.60. The number of carbonyl (C=O) groups excluding carboxylic acids is 2. The maximum absolute atomic E-state index is 13.1. The first-order chi connectivity index (χ1) is 14.3. The largest absolute Gasteiger partial charge is 0.453 e. The number of hydrogen-bond donors (Lipinski definition) is 1. The normalized spacial score (nSPS) is 20.6. The molecule has 1 aromatic carbocycles. The summed E-state index contributed by atoms with van der Waals surface area (Å²) < 4.78 is 32.1. The van der Waals surface area contributed by atoms with Crippen molar-refractivity contribution in [2.75, 3.05) is 58.2 Å². The number of nitrogens with zero attached hydrogens (tertiary/aromatic N) is 3. The lowest BCUT2D eigenvalue weighted by Gasteiger charge is -2.38. The molecule has 0 aliphatic carbocycles. The van der Waals surface area contributed by atoms with Crippen molar-refractivity contribution in [3.8, 4) is 0 Å². The Hall–Kier alpha value is -1.88. The van der Waals surface area contributed by atoms with E-state index in [-0.39, 0.29) is 35.7 Å². The lowest BCUT2D eigenvalue weighted by atomic mass is 9.98. The average molecular weight is 475 g/mol. The Labute approximate surface area is 190 Å². The molecule has 9 nitrogen and oxygen atoms in total. The summed E-state index contributed by atoms with van der Waals surface area (Å²) >= 11 is 0. The van der Waals surface area contributed by atoms with Crippen LogP contribution in [0.5, 0.6) is 0 Å².